The van der Waals surface area contributed by atoms with Crippen molar-refractivity contribution in [1.82, 2.24) is 0 Å². The summed E-state index contributed by atoms with van der Waals surface area (Å²) in [4.78, 5) is 0. The molecule has 0 aliphatic heterocycles. The van der Waals surface area contributed by atoms with Gasteiger partial charge >= 0.3 is 0 Å². The highest BCUT2D eigenvalue weighted by Crippen LogP contribution is 2.12. The second kappa shape index (κ2) is 9.28. The van der Waals surface area contributed by atoms with E-state index in [1.165, 1.54) is 19.3 Å². The fourth-order valence-corrected chi connectivity index (χ4v) is 1.75. The minimum Gasteiger partial charge on any atom is -0.374 e. The zero-order chi connectivity index (χ0) is 13.9. The van der Waals surface area contributed by atoms with Gasteiger partial charge in [-0.05, 0) is 43.3 Å². The normalized spacial score (nSPS) is 11.2. The van der Waals surface area contributed by atoms with Crippen LogP contribution in [0.15, 0.2) is 47.6 Å². The topological polar surface area (TPSA) is 41.6 Å². The Morgan fingerprint density at radius 3 is 2.68 bits per heavy atom. The first-order valence-electron chi connectivity index (χ1n) is 6.59. The summed E-state index contributed by atoms with van der Waals surface area (Å²) in [7, 11) is 0. The molecule has 19 heavy (non-hydrogen) atoms. The molecule has 0 spiro atoms. The monoisotopic (exact) mass is 275 g/mol. The number of anilines is 1. The molecule has 1 rings (SSSR count). The van der Waals surface area contributed by atoms with Crippen LogP contribution < -0.4 is 10.7 Å². The molecule has 1 aromatic rings. The molecular weight excluding hydrogens is 254 g/mol. The maximum Gasteiger partial charge on any atom is 0.191 e. The van der Waals surface area contributed by atoms with E-state index in [0.29, 0.717) is 0 Å². The van der Waals surface area contributed by atoms with E-state index in [4.69, 9.17) is 18.0 Å². The van der Waals surface area contributed by atoms with E-state index in [1.807, 2.05) is 36.4 Å². The zero-order valence-corrected chi connectivity index (χ0v) is 12.1. The predicted octanol–water partition coefficient (Wildman–Crippen LogP) is 3.86. The molecule has 0 aliphatic rings. The van der Waals surface area contributed by atoms with E-state index in [0.717, 1.165) is 12.1 Å². The van der Waals surface area contributed by atoms with Crippen molar-refractivity contribution >= 4 is 29.2 Å². The number of nitrogens with two attached hydrogens (primary N) is 1. The number of nitrogens with zero attached hydrogens (tertiary/aromatic N) is 2. The summed E-state index contributed by atoms with van der Waals surface area (Å²) < 4.78 is 0. The van der Waals surface area contributed by atoms with Crippen LogP contribution in [0.1, 0.15) is 32.6 Å². The van der Waals surface area contributed by atoms with Crippen LogP contribution in [0.4, 0.5) is 5.69 Å². The summed E-state index contributed by atoms with van der Waals surface area (Å²) in [6.07, 6.45) is 10.6. The average molecular weight is 275 g/mol. The molecule has 0 aromatic heterocycles. The maximum atomic E-state index is 5.67. The van der Waals surface area contributed by atoms with Gasteiger partial charge < -0.3 is 5.73 Å². The van der Waals surface area contributed by atoms with Crippen LogP contribution in [0.25, 0.3) is 0 Å². The first kappa shape index (κ1) is 15.4. The minimum atomic E-state index is 0.238. The number of rotatable bonds is 7. The molecule has 3 nitrogen and oxygen atoms in total. The zero-order valence-electron chi connectivity index (χ0n) is 11.3. The van der Waals surface area contributed by atoms with Gasteiger partial charge in [0.15, 0.2) is 5.11 Å². The number of unbranched alkanes of at least 4 members (excludes halogenated alkanes) is 3. The van der Waals surface area contributed by atoms with Gasteiger partial charge in [-0.15, -0.1) is 0 Å². The van der Waals surface area contributed by atoms with E-state index in [9.17, 15) is 0 Å². The molecule has 0 atom stereocenters. The fraction of sp³-hybridized carbons (Fsp3) is 0.333. The smallest absolute Gasteiger partial charge is 0.191 e. The second-order valence-electron chi connectivity index (χ2n) is 4.17. The van der Waals surface area contributed by atoms with Crippen LogP contribution in [0.5, 0.6) is 0 Å². The van der Waals surface area contributed by atoms with Gasteiger partial charge in [-0.1, -0.05) is 44.0 Å². The quantitative estimate of drug-likeness (QED) is 0.355. The van der Waals surface area contributed by atoms with Gasteiger partial charge in [0.25, 0.3) is 0 Å². The molecule has 102 valence electrons. The summed E-state index contributed by atoms with van der Waals surface area (Å²) in [5.41, 5.74) is 6.54. The molecule has 2 N–H and O–H groups in total. The summed E-state index contributed by atoms with van der Waals surface area (Å²) in [5, 5.41) is 6.05. The molecule has 0 fully saturated rings. The molecular formula is C15H21N3S. The second-order valence-corrected chi connectivity index (χ2v) is 4.59. The van der Waals surface area contributed by atoms with E-state index in [1.54, 1.807) is 11.2 Å². The van der Waals surface area contributed by atoms with Gasteiger partial charge in [0.2, 0.25) is 0 Å². The Bertz CT molecular complexity index is 426. The lowest BCUT2D eigenvalue weighted by Gasteiger charge is -2.15. The number of hydrazone groups is 1. The lowest BCUT2D eigenvalue weighted by molar-refractivity contribution is 0.729. The molecule has 0 amide bonds. The first-order valence-corrected chi connectivity index (χ1v) is 7.00. The highest BCUT2D eigenvalue weighted by molar-refractivity contribution is 7.80. The Balaban J connectivity index is 2.53. The van der Waals surface area contributed by atoms with Crippen molar-refractivity contribution < 1.29 is 0 Å². The molecule has 0 unspecified atom stereocenters. The first-order chi connectivity index (χ1) is 9.25. The Morgan fingerprint density at radius 2 is 2.05 bits per heavy atom. The van der Waals surface area contributed by atoms with Gasteiger partial charge in [-0.3, -0.25) is 0 Å². The lowest BCUT2D eigenvalue weighted by atomic mass is 10.2. The van der Waals surface area contributed by atoms with Crippen molar-refractivity contribution in [2.24, 2.45) is 10.8 Å². The van der Waals surface area contributed by atoms with E-state index in [-0.39, 0.29) is 5.11 Å². The van der Waals surface area contributed by atoms with Crippen LogP contribution >= 0.6 is 12.2 Å². The molecule has 0 heterocycles. The molecule has 4 heteroatoms. The van der Waals surface area contributed by atoms with Gasteiger partial charge in [0, 0.05) is 6.21 Å². The van der Waals surface area contributed by atoms with Crippen LogP contribution in [0, 0.1) is 0 Å². The van der Waals surface area contributed by atoms with Crippen LogP contribution in [0.2, 0.25) is 0 Å². The summed E-state index contributed by atoms with van der Waals surface area (Å²) in [6, 6.07) is 9.63. The van der Waals surface area contributed by atoms with Gasteiger partial charge in [-0.25, -0.2) is 5.01 Å². The highest BCUT2D eigenvalue weighted by Gasteiger charge is 2.05. The van der Waals surface area contributed by atoms with Crippen LogP contribution in [-0.2, 0) is 0 Å². The van der Waals surface area contributed by atoms with Crippen molar-refractivity contribution in [3.8, 4) is 0 Å². The summed E-state index contributed by atoms with van der Waals surface area (Å²) in [6.45, 7) is 2.20. The number of hydrogen-bond donors (Lipinski definition) is 1. The Labute approximate surface area is 120 Å². The third-order valence-electron chi connectivity index (χ3n) is 2.59. The van der Waals surface area contributed by atoms with Gasteiger partial charge in [-0.2, -0.15) is 5.10 Å². The maximum absolute atomic E-state index is 5.67. The van der Waals surface area contributed by atoms with Crippen molar-refractivity contribution in [3.05, 3.63) is 42.5 Å². The van der Waals surface area contributed by atoms with Gasteiger partial charge in [0.05, 0.1) is 5.69 Å². The Morgan fingerprint density at radius 1 is 1.32 bits per heavy atom. The summed E-state index contributed by atoms with van der Waals surface area (Å²) >= 11 is 5.00. The van der Waals surface area contributed by atoms with Crippen molar-refractivity contribution in [1.29, 1.82) is 0 Å². The molecule has 0 saturated heterocycles. The number of benzene rings is 1. The fourth-order valence-electron chi connectivity index (χ4n) is 1.59. The third kappa shape index (κ3) is 6.15. The Kier molecular flexibility index (Phi) is 7.51. The number of para-hydroxylation sites is 1. The number of thiocarbonyl (C=S) groups is 1. The number of hydrogen-bond acceptors (Lipinski definition) is 2. The largest absolute Gasteiger partial charge is 0.374 e. The number of allylic oxidation sites excluding steroid dienone is 2. The van der Waals surface area contributed by atoms with E-state index in [2.05, 4.69) is 18.1 Å². The van der Waals surface area contributed by atoms with E-state index < -0.39 is 0 Å². The van der Waals surface area contributed by atoms with Gasteiger partial charge in [0.1, 0.15) is 0 Å². The van der Waals surface area contributed by atoms with Crippen LogP contribution in [-0.4, -0.2) is 11.3 Å². The van der Waals surface area contributed by atoms with E-state index >= 15 is 0 Å². The lowest BCUT2D eigenvalue weighted by Crippen LogP contribution is -2.30. The van der Waals surface area contributed by atoms with Crippen molar-refractivity contribution in [2.45, 2.75) is 32.6 Å². The average Bonchev–Trinajstić information content (AvgIpc) is 2.42. The molecule has 0 saturated carbocycles. The predicted molar refractivity (Wildman–Crippen MR) is 87.5 cm³/mol. The summed E-state index contributed by atoms with van der Waals surface area (Å²) in [5.74, 6) is 0. The molecule has 0 aliphatic carbocycles. The molecule has 0 radical (unpaired) electrons. The van der Waals surface area contributed by atoms with Crippen molar-refractivity contribution in [3.63, 3.8) is 0 Å². The SMILES string of the molecule is CCCCCC=CC=NN(C(N)=S)c1ccccc1. The van der Waals surface area contributed by atoms with Crippen molar-refractivity contribution in [2.75, 3.05) is 5.01 Å². The minimum absolute atomic E-state index is 0.238. The Hall–Kier alpha value is -1.68. The molecule has 1 aromatic carbocycles. The highest BCUT2D eigenvalue weighted by atomic mass is 32.1. The third-order valence-corrected chi connectivity index (χ3v) is 2.76. The van der Waals surface area contributed by atoms with Crippen LogP contribution in [0.3, 0.4) is 0 Å². The molecule has 0 bridgehead atoms. The standard InChI is InChI=1S/C15H21N3S/c1-2-3-4-5-6-10-13-17-18(15(16)19)14-11-8-7-9-12-14/h6-13H,2-5H2,1H3,(H2,16,19).